The van der Waals surface area contributed by atoms with Crippen LogP contribution in [-0.2, 0) is 6.42 Å². The van der Waals surface area contributed by atoms with Crippen LogP contribution in [0.5, 0.6) is 5.75 Å². The number of unbranched alkanes of at least 4 members (excludes halogenated alkanes) is 1. The Labute approximate surface area is 101 Å². The lowest BCUT2D eigenvalue weighted by molar-refractivity contribution is 0.413. The first-order valence-electron chi connectivity index (χ1n) is 5.81. The number of ether oxygens (including phenoxy) is 1. The van der Waals surface area contributed by atoms with Gasteiger partial charge in [-0.2, -0.15) is 0 Å². The van der Waals surface area contributed by atoms with Gasteiger partial charge in [-0.05, 0) is 18.6 Å². The maximum absolute atomic E-state index is 5.61. The second kappa shape index (κ2) is 5.48. The average molecular weight is 232 g/mol. The Morgan fingerprint density at radius 1 is 1.24 bits per heavy atom. The summed E-state index contributed by atoms with van der Waals surface area (Å²) in [5.74, 6) is 1.96. The fraction of sp³-hybridized carbons (Fsp3) is 0.385. The van der Waals surface area contributed by atoms with E-state index in [0.29, 0.717) is 11.8 Å². The molecule has 4 nitrogen and oxygen atoms in total. The molecule has 0 radical (unpaired) electrons. The van der Waals surface area contributed by atoms with Crippen molar-refractivity contribution in [3.05, 3.63) is 30.2 Å². The van der Waals surface area contributed by atoms with Crippen LogP contribution in [0.15, 0.2) is 28.7 Å². The Hall–Kier alpha value is -1.84. The summed E-state index contributed by atoms with van der Waals surface area (Å²) in [7, 11) is 1.63. The monoisotopic (exact) mass is 232 g/mol. The van der Waals surface area contributed by atoms with Crippen LogP contribution in [0.3, 0.4) is 0 Å². The third-order valence-electron chi connectivity index (χ3n) is 2.55. The van der Waals surface area contributed by atoms with Crippen molar-refractivity contribution in [1.82, 2.24) is 10.2 Å². The van der Waals surface area contributed by atoms with Crippen molar-refractivity contribution in [3.8, 4) is 17.2 Å². The number of nitrogens with zero attached hydrogens (tertiary/aromatic N) is 2. The number of methoxy groups -OCH3 is 1. The molecule has 2 aromatic rings. The van der Waals surface area contributed by atoms with Crippen molar-refractivity contribution >= 4 is 0 Å². The standard InChI is InChI=1S/C13H16N2O2/c1-3-4-9-12-14-15-13(17-12)10-7-5-6-8-11(10)16-2/h5-8H,3-4,9H2,1-2H3. The summed E-state index contributed by atoms with van der Waals surface area (Å²) >= 11 is 0. The summed E-state index contributed by atoms with van der Waals surface area (Å²) in [4.78, 5) is 0. The minimum absolute atomic E-state index is 0.522. The Bertz CT molecular complexity index is 480. The average Bonchev–Trinajstić information content (AvgIpc) is 2.85. The van der Waals surface area contributed by atoms with Crippen molar-refractivity contribution in [1.29, 1.82) is 0 Å². The third kappa shape index (κ3) is 2.64. The molecule has 17 heavy (non-hydrogen) atoms. The number of hydrogen-bond acceptors (Lipinski definition) is 4. The van der Waals surface area contributed by atoms with Crippen LogP contribution < -0.4 is 4.74 Å². The first-order valence-corrected chi connectivity index (χ1v) is 5.81. The normalized spacial score (nSPS) is 10.5. The number of aromatic nitrogens is 2. The topological polar surface area (TPSA) is 48.2 Å². The highest BCUT2D eigenvalue weighted by molar-refractivity contribution is 5.62. The molecule has 0 amide bonds. The minimum atomic E-state index is 0.522. The van der Waals surface area contributed by atoms with Crippen molar-refractivity contribution < 1.29 is 9.15 Å². The second-order valence-corrected chi connectivity index (χ2v) is 3.80. The van der Waals surface area contributed by atoms with Crippen molar-refractivity contribution in [3.63, 3.8) is 0 Å². The summed E-state index contributed by atoms with van der Waals surface area (Å²) in [5.41, 5.74) is 0.838. The van der Waals surface area contributed by atoms with E-state index in [0.717, 1.165) is 30.6 Å². The molecule has 0 fully saturated rings. The number of rotatable bonds is 5. The first-order chi connectivity index (χ1) is 8.35. The van der Waals surface area contributed by atoms with Gasteiger partial charge in [-0.1, -0.05) is 25.5 Å². The highest BCUT2D eigenvalue weighted by Gasteiger charge is 2.12. The summed E-state index contributed by atoms with van der Waals surface area (Å²) in [6, 6.07) is 7.63. The van der Waals surface area contributed by atoms with Gasteiger partial charge in [0, 0.05) is 6.42 Å². The maximum Gasteiger partial charge on any atom is 0.251 e. The maximum atomic E-state index is 5.61. The third-order valence-corrected chi connectivity index (χ3v) is 2.55. The molecule has 0 saturated heterocycles. The summed E-state index contributed by atoms with van der Waals surface area (Å²) in [5, 5.41) is 8.08. The Balaban J connectivity index is 2.24. The molecule has 4 heteroatoms. The van der Waals surface area contributed by atoms with E-state index in [9.17, 15) is 0 Å². The molecule has 0 aliphatic rings. The molecule has 0 unspecified atom stereocenters. The molecule has 0 N–H and O–H groups in total. The van der Waals surface area contributed by atoms with Gasteiger partial charge in [-0.25, -0.2) is 0 Å². The van der Waals surface area contributed by atoms with E-state index in [-0.39, 0.29) is 0 Å². The Morgan fingerprint density at radius 3 is 2.82 bits per heavy atom. The van der Waals surface area contributed by atoms with Crippen LogP contribution in [0.2, 0.25) is 0 Å². The summed E-state index contributed by atoms with van der Waals surface area (Å²) < 4.78 is 10.9. The summed E-state index contributed by atoms with van der Waals surface area (Å²) in [6.07, 6.45) is 3.01. The lowest BCUT2D eigenvalue weighted by atomic mass is 10.2. The number of aryl methyl sites for hydroxylation is 1. The molecule has 90 valence electrons. The molecule has 1 aromatic carbocycles. The molecule has 0 saturated carbocycles. The largest absolute Gasteiger partial charge is 0.496 e. The van der Waals surface area contributed by atoms with Gasteiger partial charge in [0.05, 0.1) is 12.7 Å². The van der Waals surface area contributed by atoms with Crippen LogP contribution in [0.25, 0.3) is 11.5 Å². The SMILES string of the molecule is CCCCc1nnc(-c2ccccc2OC)o1. The zero-order valence-corrected chi connectivity index (χ0v) is 10.1. The fourth-order valence-electron chi connectivity index (χ4n) is 1.61. The second-order valence-electron chi connectivity index (χ2n) is 3.80. The molecule has 1 aromatic heterocycles. The van der Waals surface area contributed by atoms with Gasteiger partial charge in [0.2, 0.25) is 5.89 Å². The van der Waals surface area contributed by atoms with Gasteiger partial charge in [-0.3, -0.25) is 0 Å². The highest BCUT2D eigenvalue weighted by Crippen LogP contribution is 2.28. The molecule has 0 spiro atoms. The zero-order chi connectivity index (χ0) is 12.1. The first kappa shape index (κ1) is 11.6. The van der Waals surface area contributed by atoms with E-state index in [4.69, 9.17) is 9.15 Å². The van der Waals surface area contributed by atoms with Gasteiger partial charge < -0.3 is 9.15 Å². The quantitative estimate of drug-likeness (QED) is 0.794. The van der Waals surface area contributed by atoms with E-state index in [1.165, 1.54) is 0 Å². The van der Waals surface area contributed by atoms with Gasteiger partial charge in [0.15, 0.2) is 0 Å². The van der Waals surface area contributed by atoms with E-state index >= 15 is 0 Å². The van der Waals surface area contributed by atoms with E-state index in [2.05, 4.69) is 17.1 Å². The molecule has 0 aliphatic carbocycles. The zero-order valence-electron chi connectivity index (χ0n) is 10.1. The van der Waals surface area contributed by atoms with Crippen LogP contribution in [-0.4, -0.2) is 17.3 Å². The van der Waals surface area contributed by atoms with Crippen LogP contribution >= 0.6 is 0 Å². The molecular weight excluding hydrogens is 216 g/mol. The van der Waals surface area contributed by atoms with Gasteiger partial charge in [0.25, 0.3) is 5.89 Å². The van der Waals surface area contributed by atoms with Gasteiger partial charge >= 0.3 is 0 Å². The van der Waals surface area contributed by atoms with Crippen molar-refractivity contribution in [2.24, 2.45) is 0 Å². The number of para-hydroxylation sites is 1. The van der Waals surface area contributed by atoms with E-state index in [1.807, 2.05) is 24.3 Å². The van der Waals surface area contributed by atoms with E-state index in [1.54, 1.807) is 7.11 Å². The van der Waals surface area contributed by atoms with Gasteiger partial charge in [-0.15, -0.1) is 10.2 Å². The molecule has 0 aliphatic heterocycles. The fourth-order valence-corrected chi connectivity index (χ4v) is 1.61. The Morgan fingerprint density at radius 2 is 2.06 bits per heavy atom. The van der Waals surface area contributed by atoms with Crippen molar-refractivity contribution in [2.75, 3.05) is 7.11 Å². The highest BCUT2D eigenvalue weighted by atomic mass is 16.5. The predicted octanol–water partition coefficient (Wildman–Crippen LogP) is 3.09. The van der Waals surface area contributed by atoms with Gasteiger partial charge in [0.1, 0.15) is 5.75 Å². The molecule has 0 bridgehead atoms. The van der Waals surface area contributed by atoms with Crippen LogP contribution in [0.1, 0.15) is 25.7 Å². The molecule has 0 atom stereocenters. The van der Waals surface area contributed by atoms with E-state index < -0.39 is 0 Å². The van der Waals surface area contributed by atoms with Crippen LogP contribution in [0.4, 0.5) is 0 Å². The lowest BCUT2D eigenvalue weighted by Crippen LogP contribution is -1.87. The van der Waals surface area contributed by atoms with Crippen LogP contribution in [0, 0.1) is 0 Å². The smallest absolute Gasteiger partial charge is 0.251 e. The van der Waals surface area contributed by atoms with Crippen molar-refractivity contribution in [2.45, 2.75) is 26.2 Å². The predicted molar refractivity (Wildman–Crippen MR) is 64.9 cm³/mol. The summed E-state index contributed by atoms with van der Waals surface area (Å²) in [6.45, 7) is 2.14. The number of hydrogen-bond donors (Lipinski definition) is 0. The Kier molecular flexibility index (Phi) is 3.75. The lowest BCUT2D eigenvalue weighted by Gasteiger charge is -2.03. The molecule has 1 heterocycles. The minimum Gasteiger partial charge on any atom is -0.496 e. The molecular formula is C13H16N2O2. The number of benzene rings is 1. The molecule has 2 rings (SSSR count).